The van der Waals surface area contributed by atoms with E-state index in [9.17, 15) is 4.79 Å². The molecule has 0 atom stereocenters. The van der Waals surface area contributed by atoms with Crippen molar-refractivity contribution in [3.8, 4) is 0 Å². The number of carbonyl (C=O) groups excluding carboxylic acids is 1. The molecule has 0 aliphatic rings. The molecule has 2 aromatic carbocycles. The first-order valence-electron chi connectivity index (χ1n) is 6.04. The van der Waals surface area contributed by atoms with Crippen LogP contribution in [0.4, 0.5) is 11.4 Å². The standard InChI is InChI=1S/C15H15IN2O/c16-12-5-3-6-13(10-12)18-15(19)9-8-11-4-1-2-7-14(11)17/h1-7,10H,8-9,17H2,(H,18,19). The zero-order chi connectivity index (χ0) is 13.7. The van der Waals surface area contributed by atoms with Crippen molar-refractivity contribution in [1.82, 2.24) is 0 Å². The minimum Gasteiger partial charge on any atom is -0.399 e. The highest BCUT2D eigenvalue weighted by Gasteiger charge is 2.05. The summed E-state index contributed by atoms with van der Waals surface area (Å²) in [6, 6.07) is 15.4. The number of nitrogens with one attached hydrogen (secondary N) is 1. The molecule has 3 nitrogen and oxygen atoms in total. The van der Waals surface area contributed by atoms with Gasteiger partial charge in [0.2, 0.25) is 5.91 Å². The number of rotatable bonds is 4. The highest BCUT2D eigenvalue weighted by Crippen LogP contribution is 2.15. The van der Waals surface area contributed by atoms with Crippen LogP contribution in [0.1, 0.15) is 12.0 Å². The van der Waals surface area contributed by atoms with Gasteiger partial charge in [-0.15, -0.1) is 0 Å². The number of hydrogen-bond donors (Lipinski definition) is 2. The van der Waals surface area contributed by atoms with Crippen LogP contribution in [0.2, 0.25) is 0 Å². The fourth-order valence-electron chi connectivity index (χ4n) is 1.80. The fraction of sp³-hybridized carbons (Fsp3) is 0.133. The van der Waals surface area contributed by atoms with Gasteiger partial charge in [-0.3, -0.25) is 4.79 Å². The van der Waals surface area contributed by atoms with Crippen molar-refractivity contribution in [2.45, 2.75) is 12.8 Å². The molecule has 0 heterocycles. The molecule has 4 heteroatoms. The van der Waals surface area contributed by atoms with Crippen molar-refractivity contribution in [2.75, 3.05) is 11.1 Å². The minimum absolute atomic E-state index is 0.00486. The average molecular weight is 366 g/mol. The number of halogens is 1. The predicted octanol–water partition coefficient (Wildman–Crippen LogP) is 3.44. The Morgan fingerprint density at radius 1 is 1.16 bits per heavy atom. The van der Waals surface area contributed by atoms with Gasteiger partial charge in [-0.05, 0) is 58.8 Å². The van der Waals surface area contributed by atoms with Crippen molar-refractivity contribution >= 4 is 39.9 Å². The van der Waals surface area contributed by atoms with Crippen molar-refractivity contribution in [3.05, 3.63) is 57.7 Å². The molecule has 0 radical (unpaired) electrons. The van der Waals surface area contributed by atoms with E-state index in [2.05, 4.69) is 27.9 Å². The van der Waals surface area contributed by atoms with Gasteiger partial charge in [-0.25, -0.2) is 0 Å². The molecular formula is C15H15IN2O. The quantitative estimate of drug-likeness (QED) is 0.643. The van der Waals surface area contributed by atoms with E-state index in [1.807, 2.05) is 48.5 Å². The van der Waals surface area contributed by atoms with E-state index in [0.717, 1.165) is 20.5 Å². The maximum absolute atomic E-state index is 11.9. The molecule has 0 fully saturated rings. The summed E-state index contributed by atoms with van der Waals surface area (Å²) in [5.74, 6) is 0.00486. The van der Waals surface area contributed by atoms with Gasteiger partial charge >= 0.3 is 0 Å². The van der Waals surface area contributed by atoms with Crippen LogP contribution in [0, 0.1) is 3.57 Å². The van der Waals surface area contributed by atoms with E-state index >= 15 is 0 Å². The van der Waals surface area contributed by atoms with Gasteiger partial charge in [0.1, 0.15) is 0 Å². The summed E-state index contributed by atoms with van der Waals surface area (Å²) >= 11 is 2.22. The Hall–Kier alpha value is -1.56. The maximum Gasteiger partial charge on any atom is 0.224 e. The topological polar surface area (TPSA) is 55.1 Å². The summed E-state index contributed by atoms with van der Waals surface area (Å²) in [6.07, 6.45) is 1.09. The second-order valence-electron chi connectivity index (χ2n) is 4.26. The van der Waals surface area contributed by atoms with E-state index in [4.69, 9.17) is 5.73 Å². The van der Waals surface area contributed by atoms with Crippen LogP contribution in [-0.2, 0) is 11.2 Å². The highest BCUT2D eigenvalue weighted by molar-refractivity contribution is 14.1. The monoisotopic (exact) mass is 366 g/mol. The number of benzene rings is 2. The first-order chi connectivity index (χ1) is 9.15. The molecule has 0 aliphatic heterocycles. The third-order valence-electron chi connectivity index (χ3n) is 2.78. The molecule has 19 heavy (non-hydrogen) atoms. The number of aryl methyl sites for hydroxylation is 1. The molecule has 2 aromatic rings. The molecule has 0 unspecified atom stereocenters. The zero-order valence-corrected chi connectivity index (χ0v) is 12.6. The Morgan fingerprint density at radius 2 is 1.95 bits per heavy atom. The number of anilines is 2. The lowest BCUT2D eigenvalue weighted by molar-refractivity contribution is -0.116. The molecule has 2 rings (SSSR count). The Kier molecular flexibility index (Phi) is 4.79. The van der Waals surface area contributed by atoms with Gasteiger partial charge in [0.25, 0.3) is 0 Å². The molecule has 3 N–H and O–H groups in total. The van der Waals surface area contributed by atoms with Crippen molar-refractivity contribution in [1.29, 1.82) is 0 Å². The fourth-order valence-corrected chi connectivity index (χ4v) is 2.34. The number of amides is 1. The van der Waals surface area contributed by atoms with Crippen LogP contribution in [0.3, 0.4) is 0 Å². The lowest BCUT2D eigenvalue weighted by atomic mass is 10.1. The van der Waals surface area contributed by atoms with Gasteiger partial charge in [0.15, 0.2) is 0 Å². The van der Waals surface area contributed by atoms with Crippen LogP contribution < -0.4 is 11.1 Å². The molecule has 0 saturated heterocycles. The van der Waals surface area contributed by atoms with Crippen molar-refractivity contribution in [2.24, 2.45) is 0 Å². The molecule has 0 aliphatic carbocycles. The lowest BCUT2D eigenvalue weighted by Crippen LogP contribution is -2.12. The first-order valence-corrected chi connectivity index (χ1v) is 7.12. The van der Waals surface area contributed by atoms with Gasteiger partial charge < -0.3 is 11.1 Å². The van der Waals surface area contributed by atoms with Crippen LogP contribution in [0.15, 0.2) is 48.5 Å². The molecule has 98 valence electrons. The third-order valence-corrected chi connectivity index (χ3v) is 3.46. The minimum atomic E-state index is 0.00486. The first kappa shape index (κ1) is 13.9. The molecule has 0 bridgehead atoms. The normalized spacial score (nSPS) is 10.2. The predicted molar refractivity (Wildman–Crippen MR) is 87.0 cm³/mol. The Morgan fingerprint density at radius 3 is 2.68 bits per heavy atom. The smallest absolute Gasteiger partial charge is 0.224 e. The number of nitrogen functional groups attached to an aromatic ring is 1. The van der Waals surface area contributed by atoms with Crippen LogP contribution >= 0.6 is 22.6 Å². The highest BCUT2D eigenvalue weighted by atomic mass is 127. The summed E-state index contributed by atoms with van der Waals surface area (Å²) in [7, 11) is 0. The molecule has 0 saturated carbocycles. The second kappa shape index (κ2) is 6.56. The van der Waals surface area contributed by atoms with E-state index in [1.54, 1.807) is 0 Å². The third kappa shape index (κ3) is 4.24. The van der Waals surface area contributed by atoms with Crippen LogP contribution in [0.5, 0.6) is 0 Å². The number of carbonyl (C=O) groups is 1. The van der Waals surface area contributed by atoms with Gasteiger partial charge in [0, 0.05) is 21.4 Å². The summed E-state index contributed by atoms with van der Waals surface area (Å²) in [5, 5.41) is 2.89. The molecule has 0 aromatic heterocycles. The summed E-state index contributed by atoms with van der Waals surface area (Å²) < 4.78 is 1.10. The van der Waals surface area contributed by atoms with Crippen molar-refractivity contribution < 1.29 is 4.79 Å². The van der Waals surface area contributed by atoms with Crippen LogP contribution in [0.25, 0.3) is 0 Å². The Balaban J connectivity index is 1.90. The zero-order valence-electron chi connectivity index (χ0n) is 10.4. The summed E-state index contributed by atoms with van der Waals surface area (Å²) in [6.45, 7) is 0. The van der Waals surface area contributed by atoms with Crippen LogP contribution in [-0.4, -0.2) is 5.91 Å². The van der Waals surface area contributed by atoms with Gasteiger partial charge in [0.05, 0.1) is 0 Å². The SMILES string of the molecule is Nc1ccccc1CCC(=O)Nc1cccc(I)c1. The Labute approximate surface area is 126 Å². The number of hydrogen-bond acceptors (Lipinski definition) is 2. The van der Waals surface area contributed by atoms with E-state index in [-0.39, 0.29) is 5.91 Å². The van der Waals surface area contributed by atoms with Gasteiger partial charge in [-0.1, -0.05) is 24.3 Å². The molecule has 1 amide bonds. The lowest BCUT2D eigenvalue weighted by Gasteiger charge is -2.07. The largest absolute Gasteiger partial charge is 0.399 e. The second-order valence-corrected chi connectivity index (χ2v) is 5.50. The molecular weight excluding hydrogens is 351 g/mol. The molecule has 0 spiro atoms. The number of nitrogens with two attached hydrogens (primary N) is 1. The number of para-hydroxylation sites is 1. The van der Waals surface area contributed by atoms with E-state index in [1.165, 1.54) is 0 Å². The summed E-state index contributed by atoms with van der Waals surface area (Å²) in [4.78, 5) is 11.9. The maximum atomic E-state index is 11.9. The van der Waals surface area contributed by atoms with Gasteiger partial charge in [-0.2, -0.15) is 0 Å². The average Bonchev–Trinajstić information content (AvgIpc) is 2.38. The van der Waals surface area contributed by atoms with Crippen molar-refractivity contribution in [3.63, 3.8) is 0 Å². The Bertz CT molecular complexity index is 584. The van der Waals surface area contributed by atoms with E-state index < -0.39 is 0 Å². The summed E-state index contributed by atoms with van der Waals surface area (Å²) in [5.41, 5.74) is 8.43. The van der Waals surface area contributed by atoms with E-state index in [0.29, 0.717) is 12.8 Å².